The minimum atomic E-state index is 0.820. The predicted octanol–water partition coefficient (Wildman–Crippen LogP) is 1.45. The Hall–Kier alpha value is 0.190. The molecule has 0 N–H and O–H groups in total. The first-order valence-corrected chi connectivity index (χ1v) is 9.65. The smallest absolute Gasteiger partial charge is 0.0594 e. The minimum Gasteiger partial charge on any atom is -0.379 e. The summed E-state index contributed by atoms with van der Waals surface area (Å²) in [5.41, 5.74) is 0. The molecule has 4 aliphatic rings. The van der Waals surface area contributed by atoms with Crippen molar-refractivity contribution in [2.45, 2.75) is 48.3 Å². The summed E-state index contributed by atoms with van der Waals surface area (Å²) in [5.74, 6) is 0. The number of morpholine rings is 2. The van der Waals surface area contributed by atoms with Crippen molar-refractivity contribution in [1.29, 1.82) is 0 Å². The van der Waals surface area contributed by atoms with Gasteiger partial charge in [0.25, 0.3) is 0 Å². The van der Waals surface area contributed by atoms with Crippen LogP contribution in [-0.2, 0) is 9.47 Å². The van der Waals surface area contributed by atoms with E-state index in [1.807, 2.05) is 0 Å². The first kappa shape index (κ1) is 14.8. The highest BCUT2D eigenvalue weighted by Crippen LogP contribution is 2.45. The first-order chi connectivity index (χ1) is 10.4. The number of hydrogen-bond donors (Lipinski definition) is 0. The summed E-state index contributed by atoms with van der Waals surface area (Å²) in [6.45, 7) is 8.36. The van der Waals surface area contributed by atoms with Gasteiger partial charge in [0.2, 0.25) is 0 Å². The molecule has 4 atom stereocenters. The number of thioether (sulfide) groups is 1. The van der Waals surface area contributed by atoms with E-state index in [0.29, 0.717) is 0 Å². The summed E-state index contributed by atoms with van der Waals surface area (Å²) < 4.78 is 11.0. The molecule has 0 spiro atoms. The van der Waals surface area contributed by atoms with E-state index in [1.165, 1.54) is 25.7 Å². The molecular weight excluding hydrogens is 284 g/mol. The second-order valence-corrected chi connectivity index (χ2v) is 8.28. The Kier molecular flexibility index (Phi) is 4.74. The highest BCUT2D eigenvalue weighted by Gasteiger charge is 2.43. The third-order valence-corrected chi connectivity index (χ3v) is 7.53. The van der Waals surface area contributed by atoms with Gasteiger partial charge in [-0.25, -0.2) is 0 Å². The van der Waals surface area contributed by atoms with Crippen molar-refractivity contribution in [2.24, 2.45) is 0 Å². The molecule has 4 saturated heterocycles. The lowest BCUT2D eigenvalue weighted by atomic mass is 9.89. The molecule has 0 radical (unpaired) electrons. The molecule has 120 valence electrons. The Morgan fingerprint density at radius 3 is 1.48 bits per heavy atom. The van der Waals surface area contributed by atoms with E-state index in [9.17, 15) is 0 Å². The highest BCUT2D eigenvalue weighted by atomic mass is 32.2. The average molecular weight is 312 g/mol. The quantitative estimate of drug-likeness (QED) is 0.768. The molecule has 0 amide bonds. The predicted molar refractivity (Wildman–Crippen MR) is 86.0 cm³/mol. The SMILES string of the molecule is C1CN([C@@H]2CC[C@@H]3S[C@@H]2CC[C@@H]3N2CCOCC2)CCO1. The molecule has 4 heterocycles. The van der Waals surface area contributed by atoms with Gasteiger partial charge in [-0.05, 0) is 25.7 Å². The highest BCUT2D eigenvalue weighted by molar-refractivity contribution is 8.00. The van der Waals surface area contributed by atoms with Crippen LogP contribution in [0.5, 0.6) is 0 Å². The maximum Gasteiger partial charge on any atom is 0.0594 e. The largest absolute Gasteiger partial charge is 0.379 e. The lowest BCUT2D eigenvalue weighted by Gasteiger charge is -2.51. The van der Waals surface area contributed by atoms with E-state index >= 15 is 0 Å². The van der Waals surface area contributed by atoms with Crippen LogP contribution < -0.4 is 0 Å². The molecule has 0 unspecified atom stereocenters. The van der Waals surface area contributed by atoms with Gasteiger partial charge < -0.3 is 9.47 Å². The van der Waals surface area contributed by atoms with Crippen molar-refractivity contribution < 1.29 is 9.47 Å². The third-order valence-electron chi connectivity index (χ3n) is 5.73. The van der Waals surface area contributed by atoms with Crippen LogP contribution in [0.15, 0.2) is 0 Å². The van der Waals surface area contributed by atoms with Gasteiger partial charge in [-0.15, -0.1) is 0 Å². The maximum absolute atomic E-state index is 5.52. The lowest BCUT2D eigenvalue weighted by molar-refractivity contribution is -0.00254. The number of nitrogens with zero attached hydrogens (tertiary/aromatic N) is 2. The molecule has 4 aliphatic heterocycles. The fourth-order valence-electron chi connectivity index (χ4n) is 4.62. The standard InChI is InChI=1S/C16H28N2O2S/c1-3-15-14(18-7-11-20-12-8-18)2-4-16(21-15)13(1)17-5-9-19-10-6-17/h13-16H,1-12H2/t13-,14+,15+,16-. The Morgan fingerprint density at radius 1 is 0.619 bits per heavy atom. The molecular formula is C16H28N2O2S. The van der Waals surface area contributed by atoms with Crippen molar-refractivity contribution in [3.05, 3.63) is 0 Å². The van der Waals surface area contributed by atoms with Crippen LogP contribution in [-0.4, -0.2) is 85.0 Å². The number of fused-ring (bicyclic) bond motifs is 2. The van der Waals surface area contributed by atoms with Gasteiger partial charge in [-0.2, -0.15) is 11.8 Å². The Bertz CT molecular complexity index is 313. The Labute approximate surface area is 132 Å². The molecule has 0 aromatic rings. The molecule has 21 heavy (non-hydrogen) atoms. The van der Waals surface area contributed by atoms with Gasteiger partial charge in [0.05, 0.1) is 26.4 Å². The zero-order chi connectivity index (χ0) is 14.1. The summed E-state index contributed by atoms with van der Waals surface area (Å²) in [4.78, 5) is 5.43. The van der Waals surface area contributed by atoms with Crippen LogP contribution in [0.1, 0.15) is 25.7 Å². The molecule has 2 bridgehead atoms. The van der Waals surface area contributed by atoms with E-state index in [0.717, 1.165) is 75.2 Å². The van der Waals surface area contributed by atoms with Gasteiger partial charge in [-0.3, -0.25) is 9.80 Å². The normalized spacial score (nSPS) is 42.9. The second kappa shape index (κ2) is 6.75. The summed E-state index contributed by atoms with van der Waals surface area (Å²) in [6, 6.07) is 1.64. The molecule has 0 aromatic heterocycles. The summed E-state index contributed by atoms with van der Waals surface area (Å²) in [7, 11) is 0. The van der Waals surface area contributed by atoms with Crippen LogP contribution in [0, 0.1) is 0 Å². The van der Waals surface area contributed by atoms with Crippen LogP contribution >= 0.6 is 11.8 Å². The van der Waals surface area contributed by atoms with E-state index < -0.39 is 0 Å². The van der Waals surface area contributed by atoms with Crippen molar-refractivity contribution in [3.63, 3.8) is 0 Å². The Morgan fingerprint density at radius 2 is 1.05 bits per heavy atom. The molecule has 4 fully saturated rings. The van der Waals surface area contributed by atoms with Gasteiger partial charge in [-0.1, -0.05) is 0 Å². The van der Waals surface area contributed by atoms with Crippen molar-refractivity contribution in [2.75, 3.05) is 52.6 Å². The average Bonchev–Trinajstić information content (AvgIpc) is 2.57. The third kappa shape index (κ3) is 3.13. The zero-order valence-corrected chi connectivity index (χ0v) is 13.7. The number of ether oxygens (including phenoxy) is 2. The number of hydrogen-bond acceptors (Lipinski definition) is 5. The molecule has 4 nitrogen and oxygen atoms in total. The number of rotatable bonds is 2. The zero-order valence-electron chi connectivity index (χ0n) is 12.9. The van der Waals surface area contributed by atoms with Crippen LogP contribution in [0.2, 0.25) is 0 Å². The summed E-state index contributed by atoms with van der Waals surface area (Å²) in [6.07, 6.45) is 5.63. The van der Waals surface area contributed by atoms with Crippen LogP contribution in [0.3, 0.4) is 0 Å². The van der Waals surface area contributed by atoms with Gasteiger partial charge in [0.15, 0.2) is 0 Å². The van der Waals surface area contributed by atoms with E-state index in [4.69, 9.17) is 9.47 Å². The van der Waals surface area contributed by atoms with E-state index in [1.54, 1.807) is 0 Å². The molecule has 5 heteroatoms. The fourth-order valence-corrected chi connectivity index (χ4v) is 6.59. The topological polar surface area (TPSA) is 24.9 Å². The van der Waals surface area contributed by atoms with Crippen molar-refractivity contribution in [1.82, 2.24) is 9.80 Å². The van der Waals surface area contributed by atoms with Gasteiger partial charge >= 0.3 is 0 Å². The Balaban J connectivity index is 1.37. The fraction of sp³-hybridized carbons (Fsp3) is 1.00. The lowest BCUT2D eigenvalue weighted by Crippen LogP contribution is -2.57. The van der Waals surface area contributed by atoms with Crippen LogP contribution in [0.25, 0.3) is 0 Å². The van der Waals surface area contributed by atoms with Crippen molar-refractivity contribution in [3.8, 4) is 0 Å². The van der Waals surface area contributed by atoms with Crippen molar-refractivity contribution >= 4 is 11.8 Å². The summed E-state index contributed by atoms with van der Waals surface area (Å²) >= 11 is 2.31. The van der Waals surface area contributed by atoms with E-state index in [2.05, 4.69) is 21.6 Å². The second-order valence-electron chi connectivity index (χ2n) is 6.80. The molecule has 4 rings (SSSR count). The van der Waals surface area contributed by atoms with Crippen LogP contribution in [0.4, 0.5) is 0 Å². The minimum absolute atomic E-state index is 0.820. The van der Waals surface area contributed by atoms with Gasteiger partial charge in [0, 0.05) is 48.8 Å². The first-order valence-electron chi connectivity index (χ1n) is 8.71. The van der Waals surface area contributed by atoms with E-state index in [-0.39, 0.29) is 0 Å². The maximum atomic E-state index is 5.52. The molecule has 0 aromatic carbocycles. The molecule has 0 saturated carbocycles. The van der Waals surface area contributed by atoms with Gasteiger partial charge in [0.1, 0.15) is 0 Å². The monoisotopic (exact) mass is 312 g/mol. The summed E-state index contributed by atoms with van der Waals surface area (Å²) in [5, 5.41) is 1.75. The molecule has 0 aliphatic carbocycles.